The van der Waals surface area contributed by atoms with Gasteiger partial charge in [0, 0.05) is 26.2 Å². The smallest absolute Gasteiger partial charge is 0.252 e. The number of aromatic nitrogens is 3. The molecule has 3 heterocycles. The highest BCUT2D eigenvalue weighted by molar-refractivity contribution is 6.08. The monoisotopic (exact) mass is 434 g/mol. The molecular formula is C23H26N6O3. The van der Waals surface area contributed by atoms with Gasteiger partial charge < -0.3 is 15.5 Å². The van der Waals surface area contributed by atoms with Gasteiger partial charge in [0.15, 0.2) is 5.65 Å². The number of hydrogen-bond acceptors (Lipinski definition) is 5. The van der Waals surface area contributed by atoms with E-state index in [2.05, 4.69) is 15.7 Å². The van der Waals surface area contributed by atoms with Gasteiger partial charge in [-0.05, 0) is 25.8 Å². The Morgan fingerprint density at radius 1 is 1.19 bits per heavy atom. The van der Waals surface area contributed by atoms with Gasteiger partial charge in [-0.1, -0.05) is 30.3 Å². The van der Waals surface area contributed by atoms with Crippen LogP contribution in [0.2, 0.25) is 0 Å². The molecule has 1 atom stereocenters. The number of carbonyl (C=O) groups is 3. The zero-order valence-corrected chi connectivity index (χ0v) is 18.4. The molecule has 1 aliphatic heterocycles. The molecule has 0 bridgehead atoms. The van der Waals surface area contributed by atoms with Crippen molar-refractivity contribution in [2.24, 2.45) is 7.05 Å². The standard InChI is InChI=1S/C23H26N6O3/c1-14-20-16(12-17(15-8-5-4-6-9-15)26-21(20)28(3)27-14)22(31)25-13-19(30)29-11-7-10-18(29)23(32)24-2/h4-6,8-9,12,18H,7,10-11,13H2,1-3H3,(H,24,32)(H,25,31). The van der Waals surface area contributed by atoms with Crippen LogP contribution in [0, 0.1) is 6.92 Å². The maximum atomic E-state index is 13.2. The highest BCUT2D eigenvalue weighted by Gasteiger charge is 2.33. The fraction of sp³-hybridized carbons (Fsp3) is 0.348. The molecule has 1 aromatic carbocycles. The first-order valence-corrected chi connectivity index (χ1v) is 10.6. The number of nitrogens with one attached hydrogen (secondary N) is 2. The number of likely N-dealkylation sites (tertiary alicyclic amines) is 1. The molecule has 32 heavy (non-hydrogen) atoms. The summed E-state index contributed by atoms with van der Waals surface area (Å²) in [7, 11) is 3.34. The van der Waals surface area contributed by atoms with Crippen LogP contribution < -0.4 is 10.6 Å². The average molecular weight is 435 g/mol. The predicted octanol–water partition coefficient (Wildman–Crippen LogP) is 1.41. The number of rotatable bonds is 5. The molecule has 1 fully saturated rings. The third kappa shape index (κ3) is 3.93. The zero-order valence-electron chi connectivity index (χ0n) is 18.4. The lowest BCUT2D eigenvalue weighted by Gasteiger charge is -2.23. The van der Waals surface area contributed by atoms with Crippen molar-refractivity contribution in [3.63, 3.8) is 0 Å². The van der Waals surface area contributed by atoms with Crippen molar-refractivity contribution in [2.45, 2.75) is 25.8 Å². The second-order valence-corrected chi connectivity index (χ2v) is 7.87. The quantitative estimate of drug-likeness (QED) is 0.631. The van der Waals surface area contributed by atoms with E-state index in [4.69, 9.17) is 4.98 Å². The molecule has 1 saturated heterocycles. The van der Waals surface area contributed by atoms with E-state index < -0.39 is 6.04 Å². The van der Waals surface area contributed by atoms with Crippen molar-refractivity contribution in [3.05, 3.63) is 47.7 Å². The first-order valence-electron chi connectivity index (χ1n) is 10.6. The Hall–Kier alpha value is -3.75. The lowest BCUT2D eigenvalue weighted by atomic mass is 10.0. The van der Waals surface area contributed by atoms with Crippen molar-refractivity contribution in [1.29, 1.82) is 0 Å². The van der Waals surface area contributed by atoms with Gasteiger partial charge in [0.2, 0.25) is 11.8 Å². The minimum absolute atomic E-state index is 0.184. The molecule has 2 aromatic heterocycles. The van der Waals surface area contributed by atoms with Crippen LogP contribution >= 0.6 is 0 Å². The van der Waals surface area contributed by atoms with Gasteiger partial charge in [0.05, 0.1) is 28.9 Å². The molecule has 0 saturated carbocycles. The second-order valence-electron chi connectivity index (χ2n) is 7.87. The number of benzene rings is 1. The summed E-state index contributed by atoms with van der Waals surface area (Å²) < 4.78 is 1.65. The summed E-state index contributed by atoms with van der Waals surface area (Å²) in [6.07, 6.45) is 1.39. The number of carbonyl (C=O) groups excluding carboxylic acids is 3. The second kappa shape index (κ2) is 8.78. The summed E-state index contributed by atoms with van der Waals surface area (Å²) in [5, 5.41) is 10.4. The van der Waals surface area contributed by atoms with Crippen molar-refractivity contribution in [1.82, 2.24) is 30.3 Å². The number of hydrogen-bond donors (Lipinski definition) is 2. The molecule has 0 aliphatic carbocycles. The van der Waals surface area contributed by atoms with Crippen LogP contribution in [0.1, 0.15) is 28.9 Å². The topological polar surface area (TPSA) is 109 Å². The van der Waals surface area contributed by atoms with Crippen LogP contribution in [-0.2, 0) is 16.6 Å². The molecule has 3 amide bonds. The first kappa shape index (κ1) is 21.5. The number of fused-ring (bicyclic) bond motifs is 1. The highest BCUT2D eigenvalue weighted by Crippen LogP contribution is 2.26. The SMILES string of the molecule is CNC(=O)C1CCCN1C(=O)CNC(=O)c1cc(-c2ccccc2)nc2c1c(C)nn2C. The number of likely N-dealkylation sites (N-methyl/N-ethyl adjacent to an activating group) is 1. The summed E-state index contributed by atoms with van der Waals surface area (Å²) in [6, 6.07) is 10.8. The van der Waals surface area contributed by atoms with E-state index in [-0.39, 0.29) is 24.3 Å². The van der Waals surface area contributed by atoms with Gasteiger partial charge in [-0.2, -0.15) is 5.10 Å². The molecule has 4 rings (SSSR count). The highest BCUT2D eigenvalue weighted by atomic mass is 16.2. The van der Waals surface area contributed by atoms with Gasteiger partial charge in [0.25, 0.3) is 5.91 Å². The van der Waals surface area contributed by atoms with Crippen molar-refractivity contribution in [2.75, 3.05) is 20.1 Å². The molecule has 2 N–H and O–H groups in total. The minimum atomic E-state index is -0.484. The van der Waals surface area contributed by atoms with Gasteiger partial charge in [-0.15, -0.1) is 0 Å². The van der Waals surface area contributed by atoms with Gasteiger partial charge in [-0.3, -0.25) is 19.1 Å². The van der Waals surface area contributed by atoms with E-state index in [0.717, 1.165) is 12.0 Å². The van der Waals surface area contributed by atoms with Crippen molar-refractivity contribution < 1.29 is 14.4 Å². The Labute approximate surface area is 185 Å². The Balaban J connectivity index is 1.60. The van der Waals surface area contributed by atoms with Crippen LogP contribution in [0.5, 0.6) is 0 Å². The van der Waals surface area contributed by atoms with Crippen molar-refractivity contribution in [3.8, 4) is 11.3 Å². The normalized spacial score (nSPS) is 15.7. The maximum Gasteiger partial charge on any atom is 0.252 e. The van der Waals surface area contributed by atoms with E-state index in [0.29, 0.717) is 41.0 Å². The third-order valence-corrected chi connectivity index (χ3v) is 5.81. The number of nitrogens with zero attached hydrogens (tertiary/aromatic N) is 4. The fourth-order valence-electron chi connectivity index (χ4n) is 4.24. The van der Waals surface area contributed by atoms with Crippen LogP contribution in [-0.4, -0.2) is 63.6 Å². The predicted molar refractivity (Wildman–Crippen MR) is 120 cm³/mol. The molecule has 9 nitrogen and oxygen atoms in total. The zero-order chi connectivity index (χ0) is 22.8. The summed E-state index contributed by atoms with van der Waals surface area (Å²) >= 11 is 0. The van der Waals surface area contributed by atoms with Gasteiger partial charge >= 0.3 is 0 Å². The molecule has 166 valence electrons. The van der Waals surface area contributed by atoms with E-state index >= 15 is 0 Å². The van der Waals surface area contributed by atoms with E-state index in [1.165, 1.54) is 4.90 Å². The minimum Gasteiger partial charge on any atom is -0.357 e. The Morgan fingerprint density at radius 3 is 2.66 bits per heavy atom. The Kier molecular flexibility index (Phi) is 5.89. The van der Waals surface area contributed by atoms with E-state index in [1.54, 1.807) is 24.8 Å². The Morgan fingerprint density at radius 2 is 1.94 bits per heavy atom. The molecular weight excluding hydrogens is 408 g/mol. The van der Waals surface area contributed by atoms with Crippen LogP contribution in [0.25, 0.3) is 22.3 Å². The van der Waals surface area contributed by atoms with Crippen molar-refractivity contribution >= 4 is 28.8 Å². The van der Waals surface area contributed by atoms with Crippen LogP contribution in [0.3, 0.4) is 0 Å². The number of aryl methyl sites for hydroxylation is 2. The Bertz CT molecular complexity index is 1190. The summed E-state index contributed by atoms with van der Waals surface area (Å²) in [5.74, 6) is -0.841. The lowest BCUT2D eigenvalue weighted by molar-refractivity contribution is -0.137. The molecule has 1 aliphatic rings. The molecule has 3 aromatic rings. The maximum absolute atomic E-state index is 13.2. The lowest BCUT2D eigenvalue weighted by Crippen LogP contribution is -2.48. The summed E-state index contributed by atoms with van der Waals surface area (Å²) in [4.78, 5) is 44.2. The first-order chi connectivity index (χ1) is 15.4. The van der Waals surface area contributed by atoms with Crippen LogP contribution in [0.15, 0.2) is 36.4 Å². The largest absolute Gasteiger partial charge is 0.357 e. The number of pyridine rings is 1. The van der Waals surface area contributed by atoms with Gasteiger partial charge in [-0.25, -0.2) is 4.98 Å². The molecule has 0 radical (unpaired) electrons. The number of amides is 3. The summed E-state index contributed by atoms with van der Waals surface area (Å²) in [6.45, 7) is 2.15. The van der Waals surface area contributed by atoms with E-state index in [9.17, 15) is 14.4 Å². The van der Waals surface area contributed by atoms with E-state index in [1.807, 2.05) is 37.3 Å². The average Bonchev–Trinajstić information content (AvgIpc) is 3.41. The molecule has 0 spiro atoms. The van der Waals surface area contributed by atoms with Crippen LogP contribution in [0.4, 0.5) is 0 Å². The fourth-order valence-corrected chi connectivity index (χ4v) is 4.24. The third-order valence-electron chi connectivity index (χ3n) is 5.81. The molecule has 1 unspecified atom stereocenters. The van der Waals surface area contributed by atoms with Gasteiger partial charge in [0.1, 0.15) is 6.04 Å². The summed E-state index contributed by atoms with van der Waals surface area (Å²) in [5.41, 5.74) is 3.22. The molecule has 9 heteroatoms.